The summed E-state index contributed by atoms with van der Waals surface area (Å²) in [6, 6.07) is 2.11. The van der Waals surface area contributed by atoms with Crippen LogP contribution in [0, 0.1) is 0 Å². The van der Waals surface area contributed by atoms with E-state index >= 15 is 0 Å². The number of hydrogen-bond acceptors (Lipinski definition) is 2. The lowest BCUT2D eigenvalue weighted by Crippen LogP contribution is -2.32. The first-order valence-electron chi connectivity index (χ1n) is 6.73. The number of alkyl halides is 1. The summed E-state index contributed by atoms with van der Waals surface area (Å²) in [5.74, 6) is 0.675. The summed E-state index contributed by atoms with van der Waals surface area (Å²) in [6.45, 7) is 3.54. The molecule has 1 aromatic rings. The fourth-order valence-corrected chi connectivity index (χ4v) is 3.86. The summed E-state index contributed by atoms with van der Waals surface area (Å²) >= 11 is 7.46. The molecule has 0 unspecified atom stereocenters. The van der Waals surface area contributed by atoms with E-state index in [0.717, 1.165) is 30.7 Å². The molecule has 1 heterocycles. The van der Waals surface area contributed by atoms with Crippen LogP contribution in [-0.4, -0.2) is 29.8 Å². The van der Waals surface area contributed by atoms with Crippen molar-refractivity contribution in [1.82, 2.24) is 4.90 Å². The van der Waals surface area contributed by atoms with Crippen LogP contribution in [0.1, 0.15) is 46.3 Å². The smallest absolute Gasteiger partial charge is 0.263 e. The minimum atomic E-state index is 0.164. The van der Waals surface area contributed by atoms with Crippen LogP contribution >= 0.6 is 22.9 Å². The van der Waals surface area contributed by atoms with E-state index in [1.54, 1.807) is 11.3 Å². The Balaban J connectivity index is 2.13. The summed E-state index contributed by atoms with van der Waals surface area (Å²) in [7, 11) is 0. The molecule has 100 valence electrons. The standard InChI is InChI=1S/C14H20ClNOS/c1-2-8-16(9-7-15)14(17)13-10-11-5-3-4-6-12(11)18-13/h10H,2-9H2,1H3. The van der Waals surface area contributed by atoms with Crippen molar-refractivity contribution in [3.8, 4) is 0 Å². The number of carbonyl (C=O) groups is 1. The van der Waals surface area contributed by atoms with E-state index in [1.807, 2.05) is 4.90 Å². The fraction of sp³-hybridized carbons (Fsp3) is 0.643. The molecule has 0 N–H and O–H groups in total. The van der Waals surface area contributed by atoms with Crippen molar-refractivity contribution in [2.75, 3.05) is 19.0 Å². The Morgan fingerprint density at radius 2 is 2.17 bits per heavy atom. The topological polar surface area (TPSA) is 20.3 Å². The predicted molar refractivity (Wildman–Crippen MR) is 77.9 cm³/mol. The van der Waals surface area contributed by atoms with Crippen molar-refractivity contribution in [3.05, 3.63) is 21.4 Å². The molecule has 0 spiro atoms. The van der Waals surface area contributed by atoms with Gasteiger partial charge in [-0.3, -0.25) is 4.79 Å². The Kier molecular flexibility index (Phi) is 5.07. The Bertz CT molecular complexity index is 386. The lowest BCUT2D eigenvalue weighted by atomic mass is 9.99. The molecule has 18 heavy (non-hydrogen) atoms. The van der Waals surface area contributed by atoms with Crippen LogP contribution in [-0.2, 0) is 12.8 Å². The summed E-state index contributed by atoms with van der Waals surface area (Å²) in [5, 5.41) is 0. The van der Waals surface area contributed by atoms with Gasteiger partial charge in [0.05, 0.1) is 4.88 Å². The molecule has 4 heteroatoms. The number of thiophene rings is 1. The van der Waals surface area contributed by atoms with Crippen LogP contribution in [0.5, 0.6) is 0 Å². The van der Waals surface area contributed by atoms with E-state index in [2.05, 4.69) is 13.0 Å². The highest BCUT2D eigenvalue weighted by Gasteiger charge is 2.20. The van der Waals surface area contributed by atoms with Crippen molar-refractivity contribution in [2.45, 2.75) is 39.0 Å². The lowest BCUT2D eigenvalue weighted by Gasteiger charge is -2.19. The van der Waals surface area contributed by atoms with Crippen LogP contribution < -0.4 is 0 Å². The highest BCUT2D eigenvalue weighted by molar-refractivity contribution is 7.14. The molecule has 2 rings (SSSR count). The Morgan fingerprint density at radius 1 is 1.39 bits per heavy atom. The Hall–Kier alpha value is -0.540. The first kappa shape index (κ1) is 13.9. The zero-order valence-electron chi connectivity index (χ0n) is 10.9. The molecule has 0 bridgehead atoms. The zero-order chi connectivity index (χ0) is 13.0. The summed E-state index contributed by atoms with van der Waals surface area (Å²) in [4.78, 5) is 16.6. The molecule has 1 amide bonds. The van der Waals surface area contributed by atoms with Crippen LogP contribution in [0.4, 0.5) is 0 Å². The summed E-state index contributed by atoms with van der Waals surface area (Å²) < 4.78 is 0. The number of aryl methyl sites for hydroxylation is 2. The van der Waals surface area contributed by atoms with Crippen molar-refractivity contribution in [1.29, 1.82) is 0 Å². The van der Waals surface area contributed by atoms with Gasteiger partial charge in [-0.25, -0.2) is 0 Å². The first-order chi connectivity index (χ1) is 8.76. The third-order valence-corrected chi connectivity index (χ3v) is 4.74. The summed E-state index contributed by atoms with van der Waals surface area (Å²) in [6.07, 6.45) is 5.80. The number of hydrogen-bond donors (Lipinski definition) is 0. The maximum atomic E-state index is 12.4. The monoisotopic (exact) mass is 285 g/mol. The van der Waals surface area contributed by atoms with Gasteiger partial charge in [-0.15, -0.1) is 22.9 Å². The molecule has 0 radical (unpaired) electrons. The van der Waals surface area contributed by atoms with Crippen molar-refractivity contribution in [3.63, 3.8) is 0 Å². The number of amides is 1. The molecule has 2 nitrogen and oxygen atoms in total. The molecular formula is C14H20ClNOS. The van der Waals surface area contributed by atoms with Gasteiger partial charge in [-0.05, 0) is 43.7 Å². The molecule has 0 saturated carbocycles. The molecular weight excluding hydrogens is 266 g/mol. The second-order valence-electron chi connectivity index (χ2n) is 4.75. The van der Waals surface area contributed by atoms with Gasteiger partial charge in [-0.2, -0.15) is 0 Å². The maximum Gasteiger partial charge on any atom is 0.263 e. The fourth-order valence-electron chi connectivity index (χ4n) is 2.44. The minimum absolute atomic E-state index is 0.164. The van der Waals surface area contributed by atoms with Gasteiger partial charge in [0.15, 0.2) is 0 Å². The van der Waals surface area contributed by atoms with E-state index in [-0.39, 0.29) is 5.91 Å². The molecule has 1 aliphatic carbocycles. The highest BCUT2D eigenvalue weighted by atomic mass is 35.5. The average Bonchev–Trinajstić information content (AvgIpc) is 2.81. The third kappa shape index (κ3) is 3.07. The van der Waals surface area contributed by atoms with E-state index < -0.39 is 0 Å². The molecule has 0 aliphatic heterocycles. The SMILES string of the molecule is CCCN(CCCl)C(=O)c1cc2c(s1)CCCC2. The van der Waals surface area contributed by atoms with Gasteiger partial charge in [-0.1, -0.05) is 6.92 Å². The van der Waals surface area contributed by atoms with E-state index in [1.165, 1.54) is 23.3 Å². The number of fused-ring (bicyclic) bond motifs is 1. The molecule has 1 aromatic heterocycles. The van der Waals surface area contributed by atoms with Crippen molar-refractivity contribution < 1.29 is 4.79 Å². The number of rotatable bonds is 5. The van der Waals surface area contributed by atoms with Gasteiger partial charge >= 0.3 is 0 Å². The first-order valence-corrected chi connectivity index (χ1v) is 8.08. The van der Waals surface area contributed by atoms with Crippen LogP contribution in [0.25, 0.3) is 0 Å². The van der Waals surface area contributed by atoms with Crippen LogP contribution in [0.15, 0.2) is 6.07 Å². The number of halogens is 1. The van der Waals surface area contributed by atoms with E-state index in [9.17, 15) is 4.79 Å². The van der Waals surface area contributed by atoms with Gasteiger partial charge < -0.3 is 4.90 Å². The molecule has 0 fully saturated rings. The van der Waals surface area contributed by atoms with Crippen molar-refractivity contribution in [2.24, 2.45) is 0 Å². The molecule has 0 atom stereocenters. The lowest BCUT2D eigenvalue weighted by molar-refractivity contribution is 0.0770. The van der Waals surface area contributed by atoms with Gasteiger partial charge in [0.25, 0.3) is 5.91 Å². The highest BCUT2D eigenvalue weighted by Crippen LogP contribution is 2.30. The van der Waals surface area contributed by atoms with Gasteiger partial charge in [0, 0.05) is 23.8 Å². The largest absolute Gasteiger partial charge is 0.337 e. The molecule has 0 saturated heterocycles. The maximum absolute atomic E-state index is 12.4. The minimum Gasteiger partial charge on any atom is -0.337 e. The number of carbonyl (C=O) groups excluding carboxylic acids is 1. The normalized spacial score (nSPS) is 14.3. The Labute approximate surface area is 118 Å². The molecule has 1 aliphatic rings. The van der Waals surface area contributed by atoms with Gasteiger partial charge in [0.1, 0.15) is 0 Å². The quantitative estimate of drug-likeness (QED) is 0.755. The average molecular weight is 286 g/mol. The Morgan fingerprint density at radius 3 is 2.83 bits per heavy atom. The van der Waals surface area contributed by atoms with Crippen LogP contribution in [0.2, 0.25) is 0 Å². The second-order valence-corrected chi connectivity index (χ2v) is 6.26. The second kappa shape index (κ2) is 6.58. The third-order valence-electron chi connectivity index (χ3n) is 3.34. The van der Waals surface area contributed by atoms with Crippen molar-refractivity contribution >= 4 is 28.8 Å². The van der Waals surface area contributed by atoms with Gasteiger partial charge in [0.2, 0.25) is 0 Å². The van der Waals surface area contributed by atoms with E-state index in [0.29, 0.717) is 12.4 Å². The zero-order valence-corrected chi connectivity index (χ0v) is 12.4. The predicted octanol–water partition coefficient (Wildman–Crippen LogP) is 3.72. The summed E-state index contributed by atoms with van der Waals surface area (Å²) in [5.41, 5.74) is 1.40. The van der Waals surface area contributed by atoms with E-state index in [4.69, 9.17) is 11.6 Å². The van der Waals surface area contributed by atoms with Crippen LogP contribution in [0.3, 0.4) is 0 Å². The number of nitrogens with zero attached hydrogens (tertiary/aromatic N) is 1. The molecule has 0 aromatic carbocycles.